The molecule has 1 amide bonds. The van der Waals surface area contributed by atoms with Gasteiger partial charge in [-0.25, -0.2) is 14.8 Å². The lowest BCUT2D eigenvalue weighted by atomic mass is 10.4. The first-order valence-electron chi connectivity index (χ1n) is 4.94. The zero-order chi connectivity index (χ0) is 13.1. The Morgan fingerprint density at radius 3 is 2.67 bits per heavy atom. The van der Waals surface area contributed by atoms with Crippen LogP contribution in [-0.4, -0.2) is 27.0 Å². The second-order valence-corrected chi connectivity index (χ2v) is 5.30. The fourth-order valence-corrected chi connectivity index (χ4v) is 2.53. The van der Waals surface area contributed by atoms with E-state index >= 15 is 0 Å². The molecule has 0 radical (unpaired) electrons. The molecule has 0 bridgehead atoms. The SMILES string of the molecule is Cc1nc(CNC(=O)c2nc(C(=O)O)cs2)cs1. The van der Waals surface area contributed by atoms with Crippen LogP contribution in [0.4, 0.5) is 0 Å². The van der Waals surface area contributed by atoms with Crippen molar-refractivity contribution in [1.82, 2.24) is 15.3 Å². The Morgan fingerprint density at radius 2 is 2.11 bits per heavy atom. The maximum Gasteiger partial charge on any atom is 0.355 e. The number of carboxylic acid groups (broad SMARTS) is 1. The Morgan fingerprint density at radius 1 is 1.33 bits per heavy atom. The van der Waals surface area contributed by atoms with Crippen molar-refractivity contribution < 1.29 is 14.7 Å². The van der Waals surface area contributed by atoms with Crippen LogP contribution >= 0.6 is 22.7 Å². The molecule has 0 unspecified atom stereocenters. The van der Waals surface area contributed by atoms with Crippen molar-refractivity contribution in [2.45, 2.75) is 13.5 Å². The monoisotopic (exact) mass is 283 g/mol. The standard InChI is InChI=1S/C10H9N3O3S2/c1-5-12-6(3-17-5)2-11-8(14)9-13-7(4-18-9)10(15)16/h3-4H,2H2,1H3,(H,11,14)(H,15,16). The molecule has 18 heavy (non-hydrogen) atoms. The van der Waals surface area contributed by atoms with E-state index in [4.69, 9.17) is 5.11 Å². The van der Waals surface area contributed by atoms with Crippen molar-refractivity contribution in [1.29, 1.82) is 0 Å². The summed E-state index contributed by atoms with van der Waals surface area (Å²) in [5, 5.41) is 15.6. The van der Waals surface area contributed by atoms with Gasteiger partial charge in [0.25, 0.3) is 5.91 Å². The van der Waals surface area contributed by atoms with Gasteiger partial charge in [-0.1, -0.05) is 0 Å². The van der Waals surface area contributed by atoms with Gasteiger partial charge >= 0.3 is 5.97 Å². The van der Waals surface area contributed by atoms with Gasteiger partial charge in [-0.15, -0.1) is 22.7 Å². The van der Waals surface area contributed by atoms with Gasteiger partial charge < -0.3 is 10.4 Å². The minimum Gasteiger partial charge on any atom is -0.476 e. The van der Waals surface area contributed by atoms with Crippen molar-refractivity contribution in [3.05, 3.63) is 32.2 Å². The van der Waals surface area contributed by atoms with Crippen LogP contribution in [-0.2, 0) is 6.54 Å². The highest BCUT2D eigenvalue weighted by atomic mass is 32.1. The molecular weight excluding hydrogens is 274 g/mol. The van der Waals surface area contributed by atoms with Gasteiger partial charge in [-0.2, -0.15) is 0 Å². The van der Waals surface area contributed by atoms with E-state index in [1.165, 1.54) is 16.7 Å². The summed E-state index contributed by atoms with van der Waals surface area (Å²) < 4.78 is 0. The van der Waals surface area contributed by atoms with Crippen LogP contribution < -0.4 is 5.32 Å². The van der Waals surface area contributed by atoms with Crippen molar-refractivity contribution in [3.8, 4) is 0 Å². The molecule has 2 aromatic heterocycles. The maximum absolute atomic E-state index is 11.7. The third-order valence-corrected chi connectivity index (χ3v) is 3.68. The summed E-state index contributed by atoms with van der Waals surface area (Å²) in [5.74, 6) is -1.53. The highest BCUT2D eigenvalue weighted by Gasteiger charge is 2.14. The minimum atomic E-state index is -1.14. The zero-order valence-electron chi connectivity index (χ0n) is 9.34. The molecule has 0 saturated heterocycles. The predicted molar refractivity (Wildman–Crippen MR) is 67.1 cm³/mol. The van der Waals surface area contributed by atoms with E-state index in [9.17, 15) is 9.59 Å². The summed E-state index contributed by atoms with van der Waals surface area (Å²) in [6, 6.07) is 0. The number of hydrogen-bond donors (Lipinski definition) is 2. The maximum atomic E-state index is 11.7. The van der Waals surface area contributed by atoms with Gasteiger partial charge in [0.15, 0.2) is 10.7 Å². The molecule has 94 valence electrons. The van der Waals surface area contributed by atoms with Crippen LogP contribution in [0.15, 0.2) is 10.8 Å². The Balaban J connectivity index is 1.97. The minimum absolute atomic E-state index is 0.116. The summed E-state index contributed by atoms with van der Waals surface area (Å²) in [4.78, 5) is 30.2. The number of carboxylic acids is 1. The average Bonchev–Trinajstić information content (AvgIpc) is 2.94. The largest absolute Gasteiger partial charge is 0.476 e. The van der Waals surface area contributed by atoms with E-state index in [1.54, 1.807) is 0 Å². The molecular formula is C10H9N3O3S2. The average molecular weight is 283 g/mol. The molecule has 6 nitrogen and oxygen atoms in total. The van der Waals surface area contributed by atoms with Gasteiger partial charge in [-0.05, 0) is 6.92 Å². The second-order valence-electron chi connectivity index (χ2n) is 3.38. The molecule has 2 heterocycles. The first kappa shape index (κ1) is 12.7. The number of aryl methyl sites for hydroxylation is 1. The number of nitrogens with one attached hydrogen (secondary N) is 1. The normalized spacial score (nSPS) is 10.3. The predicted octanol–water partition coefficient (Wildman–Crippen LogP) is 1.54. The lowest BCUT2D eigenvalue weighted by molar-refractivity contribution is 0.0691. The number of carbonyl (C=O) groups is 2. The number of thiazole rings is 2. The van der Waals surface area contributed by atoms with E-state index in [1.807, 2.05) is 12.3 Å². The molecule has 0 aliphatic carbocycles. The number of nitrogens with zero attached hydrogens (tertiary/aromatic N) is 2. The van der Waals surface area contributed by atoms with E-state index in [0.717, 1.165) is 22.0 Å². The molecule has 2 aromatic rings. The lowest BCUT2D eigenvalue weighted by Crippen LogP contribution is -2.23. The smallest absolute Gasteiger partial charge is 0.355 e. The van der Waals surface area contributed by atoms with Gasteiger partial charge in [0, 0.05) is 10.8 Å². The number of hydrogen-bond acceptors (Lipinski definition) is 6. The Bertz CT molecular complexity index is 591. The fourth-order valence-electron chi connectivity index (χ4n) is 1.21. The molecule has 0 spiro atoms. The topological polar surface area (TPSA) is 92.2 Å². The highest BCUT2D eigenvalue weighted by molar-refractivity contribution is 7.11. The third-order valence-electron chi connectivity index (χ3n) is 2.01. The van der Waals surface area contributed by atoms with Gasteiger partial charge in [0.05, 0.1) is 17.2 Å². The molecule has 0 fully saturated rings. The van der Waals surface area contributed by atoms with E-state index in [0.29, 0.717) is 6.54 Å². The lowest BCUT2D eigenvalue weighted by Gasteiger charge is -1.99. The van der Waals surface area contributed by atoms with E-state index in [-0.39, 0.29) is 10.7 Å². The number of rotatable bonds is 4. The third kappa shape index (κ3) is 2.90. The van der Waals surface area contributed by atoms with Crippen molar-refractivity contribution in [2.24, 2.45) is 0 Å². The van der Waals surface area contributed by atoms with Crippen LogP contribution in [0.5, 0.6) is 0 Å². The molecule has 0 aromatic carbocycles. The fraction of sp³-hybridized carbons (Fsp3) is 0.200. The summed E-state index contributed by atoms with van der Waals surface area (Å²) in [5.41, 5.74) is 0.663. The van der Waals surface area contributed by atoms with Gasteiger partial charge in [0.2, 0.25) is 0 Å². The summed E-state index contributed by atoms with van der Waals surface area (Å²) in [6.45, 7) is 2.20. The molecule has 2 rings (SSSR count). The van der Waals surface area contributed by atoms with Crippen LogP contribution in [0.1, 0.15) is 31.0 Å². The zero-order valence-corrected chi connectivity index (χ0v) is 11.0. The summed E-state index contributed by atoms with van der Waals surface area (Å²) >= 11 is 2.51. The van der Waals surface area contributed by atoms with Crippen LogP contribution in [0.2, 0.25) is 0 Å². The Kier molecular flexibility index (Phi) is 3.68. The highest BCUT2D eigenvalue weighted by Crippen LogP contribution is 2.11. The number of amides is 1. The molecule has 8 heteroatoms. The van der Waals surface area contributed by atoms with Gasteiger partial charge in [-0.3, -0.25) is 4.79 Å². The first-order valence-corrected chi connectivity index (χ1v) is 6.70. The Hall–Kier alpha value is -1.80. The molecule has 0 aliphatic heterocycles. The molecule has 2 N–H and O–H groups in total. The van der Waals surface area contributed by atoms with Crippen molar-refractivity contribution in [3.63, 3.8) is 0 Å². The van der Waals surface area contributed by atoms with E-state index in [2.05, 4.69) is 15.3 Å². The quantitative estimate of drug-likeness (QED) is 0.888. The summed E-state index contributed by atoms with van der Waals surface area (Å²) in [7, 11) is 0. The van der Waals surface area contributed by atoms with Crippen LogP contribution in [0, 0.1) is 6.92 Å². The van der Waals surface area contributed by atoms with Crippen LogP contribution in [0.3, 0.4) is 0 Å². The molecule has 0 saturated carbocycles. The van der Waals surface area contributed by atoms with Crippen LogP contribution in [0.25, 0.3) is 0 Å². The number of aromatic nitrogens is 2. The molecule has 0 atom stereocenters. The van der Waals surface area contributed by atoms with Crippen molar-refractivity contribution >= 4 is 34.6 Å². The summed E-state index contributed by atoms with van der Waals surface area (Å²) in [6.07, 6.45) is 0. The second kappa shape index (κ2) is 5.23. The van der Waals surface area contributed by atoms with E-state index < -0.39 is 11.9 Å². The number of carbonyl (C=O) groups excluding carboxylic acids is 1. The number of aromatic carboxylic acids is 1. The van der Waals surface area contributed by atoms with Crippen molar-refractivity contribution in [2.75, 3.05) is 0 Å². The Labute approximate surface area is 110 Å². The first-order chi connectivity index (χ1) is 8.56. The molecule has 0 aliphatic rings. The van der Waals surface area contributed by atoms with Gasteiger partial charge in [0.1, 0.15) is 0 Å².